The monoisotopic (exact) mass is 449 g/mol. The van der Waals surface area contributed by atoms with Crippen molar-refractivity contribution in [3.63, 3.8) is 0 Å². The molecular weight excluding hydrogens is 432 g/mol. The van der Waals surface area contributed by atoms with Gasteiger partial charge in [-0.3, -0.25) is 9.59 Å². The van der Waals surface area contributed by atoms with E-state index >= 15 is 0 Å². The number of hydrogen-bond acceptors (Lipinski definition) is 4. The molecule has 0 radical (unpaired) electrons. The Bertz CT molecular complexity index is 1070. The fourth-order valence-corrected chi connectivity index (χ4v) is 3.24. The van der Waals surface area contributed by atoms with E-state index in [-0.39, 0.29) is 30.4 Å². The number of aryl methyl sites for hydroxylation is 1. The Labute approximate surface area is 182 Å². The summed E-state index contributed by atoms with van der Waals surface area (Å²) in [6.45, 7) is 3.43. The maximum Gasteiger partial charge on any atom is 0.294 e. The van der Waals surface area contributed by atoms with E-state index in [1.54, 1.807) is 32.0 Å². The third-order valence-electron chi connectivity index (χ3n) is 4.26. The zero-order valence-electron chi connectivity index (χ0n) is 16.2. The molecule has 0 spiro atoms. The van der Waals surface area contributed by atoms with Gasteiger partial charge in [0.05, 0.1) is 21.4 Å². The normalized spacial score (nSPS) is 10.7. The molecule has 1 N–H and O–H groups in total. The average Bonchev–Trinajstić information content (AvgIpc) is 3.11. The molecule has 0 unspecified atom stereocenters. The first-order valence-corrected chi connectivity index (χ1v) is 9.78. The lowest BCUT2D eigenvalue weighted by atomic mass is 10.3. The highest BCUT2D eigenvalue weighted by Gasteiger charge is 2.23. The Balaban J connectivity index is 1.75. The van der Waals surface area contributed by atoms with Crippen LogP contribution in [0.3, 0.4) is 0 Å². The predicted octanol–water partition coefficient (Wildman–Crippen LogP) is 4.12. The summed E-state index contributed by atoms with van der Waals surface area (Å²) in [7, 11) is 0. The lowest BCUT2D eigenvalue weighted by molar-refractivity contribution is -0.116. The maximum absolute atomic E-state index is 13.2. The first-order chi connectivity index (χ1) is 14.3. The average molecular weight is 450 g/mol. The van der Waals surface area contributed by atoms with E-state index in [9.17, 15) is 14.0 Å². The van der Waals surface area contributed by atoms with Crippen LogP contribution in [0.15, 0.2) is 42.5 Å². The molecular formula is C20H18Cl2FN5O2. The van der Waals surface area contributed by atoms with Crippen molar-refractivity contribution in [2.24, 2.45) is 0 Å². The Hall–Kier alpha value is -2.97. The number of benzene rings is 2. The minimum absolute atomic E-state index is 0.0674. The Kier molecular flexibility index (Phi) is 6.69. The standard InChI is InChI=1S/C20H18Cl2FN5O2/c1-3-27(11-17(29)25-18-15(21)5-4-6-16(18)22)20(30)19-24-12(2)28(26-19)14-9-7-13(23)8-10-14/h4-10H,3,11H2,1-2H3,(H,25,29). The zero-order valence-corrected chi connectivity index (χ0v) is 17.7. The molecule has 3 rings (SSSR count). The molecule has 30 heavy (non-hydrogen) atoms. The summed E-state index contributed by atoms with van der Waals surface area (Å²) in [4.78, 5) is 30.8. The van der Waals surface area contributed by atoms with Crippen LogP contribution in [0.5, 0.6) is 0 Å². The topological polar surface area (TPSA) is 80.1 Å². The fraction of sp³-hybridized carbons (Fsp3) is 0.200. The molecule has 0 aliphatic carbocycles. The van der Waals surface area contributed by atoms with E-state index < -0.39 is 11.8 Å². The molecule has 156 valence electrons. The van der Waals surface area contributed by atoms with Crippen LogP contribution in [0.25, 0.3) is 5.69 Å². The number of carbonyl (C=O) groups excluding carboxylic acids is 2. The van der Waals surface area contributed by atoms with Crippen molar-refractivity contribution in [1.82, 2.24) is 19.7 Å². The summed E-state index contributed by atoms with van der Waals surface area (Å²) in [5.41, 5.74) is 0.846. The van der Waals surface area contributed by atoms with Crippen molar-refractivity contribution in [1.29, 1.82) is 0 Å². The Morgan fingerprint density at radius 3 is 2.37 bits per heavy atom. The van der Waals surface area contributed by atoms with Crippen molar-refractivity contribution in [3.05, 3.63) is 70.0 Å². The quantitative estimate of drug-likeness (QED) is 0.613. The number of halogens is 3. The molecule has 0 aliphatic heterocycles. The van der Waals surface area contributed by atoms with Gasteiger partial charge in [-0.05, 0) is 50.2 Å². The number of nitrogens with one attached hydrogen (secondary N) is 1. The number of likely N-dealkylation sites (N-methyl/N-ethyl adjacent to an activating group) is 1. The van der Waals surface area contributed by atoms with Crippen molar-refractivity contribution < 1.29 is 14.0 Å². The van der Waals surface area contributed by atoms with Crippen molar-refractivity contribution in [2.75, 3.05) is 18.4 Å². The van der Waals surface area contributed by atoms with Gasteiger partial charge in [0.15, 0.2) is 0 Å². The van der Waals surface area contributed by atoms with E-state index in [1.165, 1.54) is 33.8 Å². The van der Waals surface area contributed by atoms with E-state index in [2.05, 4.69) is 15.4 Å². The molecule has 0 saturated heterocycles. The first kappa shape index (κ1) is 21.7. The number of rotatable bonds is 6. The van der Waals surface area contributed by atoms with Crippen LogP contribution >= 0.6 is 23.2 Å². The molecule has 1 heterocycles. The summed E-state index contributed by atoms with van der Waals surface area (Å²) in [5.74, 6) is -0.970. The molecule has 0 saturated carbocycles. The van der Waals surface area contributed by atoms with Gasteiger partial charge in [-0.25, -0.2) is 14.1 Å². The summed E-state index contributed by atoms with van der Waals surface area (Å²) in [5, 5.41) is 7.42. The molecule has 0 bridgehead atoms. The number of anilines is 1. The van der Waals surface area contributed by atoms with Crippen LogP contribution in [-0.4, -0.2) is 44.6 Å². The molecule has 2 aromatic carbocycles. The van der Waals surface area contributed by atoms with E-state index in [4.69, 9.17) is 23.2 Å². The number of aromatic nitrogens is 3. The van der Waals surface area contributed by atoms with Gasteiger partial charge in [0, 0.05) is 6.54 Å². The first-order valence-electron chi connectivity index (χ1n) is 9.03. The highest BCUT2D eigenvalue weighted by molar-refractivity contribution is 6.39. The van der Waals surface area contributed by atoms with E-state index in [0.29, 0.717) is 21.6 Å². The number of amides is 2. The highest BCUT2D eigenvalue weighted by atomic mass is 35.5. The Morgan fingerprint density at radius 1 is 1.13 bits per heavy atom. The van der Waals surface area contributed by atoms with Crippen LogP contribution < -0.4 is 5.32 Å². The smallest absolute Gasteiger partial charge is 0.294 e. The van der Waals surface area contributed by atoms with Gasteiger partial charge < -0.3 is 10.2 Å². The number of hydrogen-bond donors (Lipinski definition) is 1. The number of carbonyl (C=O) groups is 2. The van der Waals surface area contributed by atoms with E-state index in [1.807, 2.05) is 0 Å². The lowest BCUT2D eigenvalue weighted by Gasteiger charge is -2.19. The van der Waals surface area contributed by atoms with Gasteiger partial charge in [0.1, 0.15) is 18.2 Å². The third kappa shape index (κ3) is 4.77. The van der Waals surface area contributed by atoms with Crippen LogP contribution in [0, 0.1) is 12.7 Å². The minimum Gasteiger partial charge on any atom is -0.327 e. The molecule has 7 nitrogen and oxygen atoms in total. The second-order valence-corrected chi connectivity index (χ2v) is 7.15. The van der Waals surface area contributed by atoms with Crippen molar-refractivity contribution >= 4 is 40.7 Å². The zero-order chi connectivity index (χ0) is 21.8. The molecule has 1 aromatic heterocycles. The molecule has 2 amide bonds. The van der Waals surface area contributed by atoms with Gasteiger partial charge >= 0.3 is 0 Å². The molecule has 0 fully saturated rings. The van der Waals surface area contributed by atoms with Crippen LogP contribution in [-0.2, 0) is 4.79 Å². The summed E-state index contributed by atoms with van der Waals surface area (Å²) < 4.78 is 14.6. The summed E-state index contributed by atoms with van der Waals surface area (Å²) in [6, 6.07) is 10.5. The van der Waals surface area contributed by atoms with Gasteiger partial charge in [-0.1, -0.05) is 29.3 Å². The number of para-hydroxylation sites is 1. The van der Waals surface area contributed by atoms with Gasteiger partial charge in [0.2, 0.25) is 11.7 Å². The fourth-order valence-electron chi connectivity index (χ4n) is 2.75. The summed E-state index contributed by atoms with van der Waals surface area (Å²) in [6.07, 6.45) is 0. The van der Waals surface area contributed by atoms with Crippen LogP contribution in [0.4, 0.5) is 10.1 Å². The van der Waals surface area contributed by atoms with E-state index in [0.717, 1.165) is 0 Å². The lowest BCUT2D eigenvalue weighted by Crippen LogP contribution is -2.38. The van der Waals surface area contributed by atoms with Crippen molar-refractivity contribution in [3.8, 4) is 5.69 Å². The largest absolute Gasteiger partial charge is 0.327 e. The van der Waals surface area contributed by atoms with Gasteiger partial charge in [0.25, 0.3) is 5.91 Å². The Morgan fingerprint density at radius 2 is 1.77 bits per heavy atom. The van der Waals surface area contributed by atoms with Crippen LogP contribution in [0.1, 0.15) is 23.4 Å². The second-order valence-electron chi connectivity index (χ2n) is 6.34. The minimum atomic E-state index is -0.512. The molecule has 0 atom stereocenters. The SMILES string of the molecule is CCN(CC(=O)Nc1c(Cl)cccc1Cl)C(=O)c1nc(C)n(-c2ccc(F)cc2)n1. The molecule has 10 heteroatoms. The maximum atomic E-state index is 13.2. The predicted molar refractivity (Wildman–Crippen MR) is 113 cm³/mol. The van der Waals surface area contributed by atoms with Gasteiger partial charge in [-0.15, -0.1) is 5.10 Å². The third-order valence-corrected chi connectivity index (χ3v) is 4.89. The summed E-state index contributed by atoms with van der Waals surface area (Å²) >= 11 is 12.1. The highest BCUT2D eigenvalue weighted by Crippen LogP contribution is 2.29. The molecule has 3 aromatic rings. The van der Waals surface area contributed by atoms with Crippen molar-refractivity contribution in [2.45, 2.75) is 13.8 Å². The van der Waals surface area contributed by atoms with Crippen LogP contribution in [0.2, 0.25) is 10.0 Å². The molecule has 0 aliphatic rings. The number of nitrogens with zero attached hydrogens (tertiary/aromatic N) is 4. The van der Waals surface area contributed by atoms with Gasteiger partial charge in [-0.2, -0.15) is 0 Å². The second kappa shape index (κ2) is 9.23.